The molecule has 1 heteroatoms. The minimum Gasteiger partial charge on any atom is -0.392 e. The molecule has 0 aromatic carbocycles. The van der Waals surface area contributed by atoms with Crippen molar-refractivity contribution in [1.82, 2.24) is 5.32 Å². The van der Waals surface area contributed by atoms with Gasteiger partial charge in [0.1, 0.15) is 0 Å². The lowest BCUT2D eigenvalue weighted by Crippen LogP contribution is -1.99. The van der Waals surface area contributed by atoms with E-state index in [4.69, 9.17) is 0 Å². The highest BCUT2D eigenvalue weighted by Gasteiger charge is 1.71. The molecule has 0 unspecified atom stereocenters. The maximum atomic E-state index is 3.53. The van der Waals surface area contributed by atoms with Crippen LogP contribution in [0, 0.1) is 0 Å². The molecule has 54 valence electrons. The van der Waals surface area contributed by atoms with E-state index in [2.05, 4.69) is 11.9 Å². The molecule has 1 nitrogen and oxygen atoms in total. The van der Waals surface area contributed by atoms with Crippen LogP contribution in [-0.2, 0) is 0 Å². The van der Waals surface area contributed by atoms with Gasteiger partial charge in [-0.25, -0.2) is 0 Å². The number of nitrogens with one attached hydrogen (secondary N) is 1. The zero-order chi connectivity index (χ0) is 7.70. The van der Waals surface area contributed by atoms with E-state index >= 15 is 0 Å². The Kier molecular flexibility index (Phi) is 12.7. The van der Waals surface area contributed by atoms with Gasteiger partial charge in [0, 0.05) is 12.7 Å². The van der Waals surface area contributed by atoms with Crippen LogP contribution in [0.2, 0.25) is 0 Å². The molecular weight excluding hydrogens is 110 g/mol. The average molecular weight is 127 g/mol. The van der Waals surface area contributed by atoms with Crippen molar-refractivity contribution < 1.29 is 0 Å². The zero-order valence-corrected chi connectivity index (χ0v) is 6.86. The lowest BCUT2D eigenvalue weighted by Gasteiger charge is -1.92. The van der Waals surface area contributed by atoms with Crippen molar-refractivity contribution in [2.24, 2.45) is 0 Å². The second kappa shape index (κ2) is 10.3. The van der Waals surface area contributed by atoms with Crippen molar-refractivity contribution in [2.75, 3.05) is 7.05 Å². The number of allylic oxidation sites excluding steroid dienone is 3. The van der Waals surface area contributed by atoms with Gasteiger partial charge in [0.2, 0.25) is 0 Å². The second-order valence-corrected chi connectivity index (χ2v) is 1.34. The van der Waals surface area contributed by atoms with E-state index in [1.165, 1.54) is 0 Å². The maximum absolute atomic E-state index is 3.53. The predicted molar refractivity (Wildman–Crippen MR) is 44.4 cm³/mol. The van der Waals surface area contributed by atoms with Crippen molar-refractivity contribution in [1.29, 1.82) is 0 Å². The van der Waals surface area contributed by atoms with Gasteiger partial charge in [-0.15, -0.1) is 0 Å². The third kappa shape index (κ3) is 11.1. The van der Waals surface area contributed by atoms with Crippen molar-refractivity contribution in [3.8, 4) is 0 Å². The molecule has 0 bridgehead atoms. The van der Waals surface area contributed by atoms with Crippen LogP contribution in [0.15, 0.2) is 24.4 Å². The standard InChI is InChI=1S/C6H11N.C2H6/c1-4-5-6(2)7-3;1-2/h4-5,7H,1H2,2-3H3;1-2H3/b6-5-;. The Balaban J connectivity index is 0. The lowest BCUT2D eigenvalue weighted by molar-refractivity contribution is 0.991. The van der Waals surface area contributed by atoms with Gasteiger partial charge in [-0.05, 0) is 13.0 Å². The first-order chi connectivity index (χ1) is 4.31. The molecule has 0 aromatic heterocycles. The van der Waals surface area contributed by atoms with E-state index in [1.54, 1.807) is 6.08 Å². The fraction of sp³-hybridized carbons (Fsp3) is 0.500. The Morgan fingerprint density at radius 2 is 1.89 bits per heavy atom. The van der Waals surface area contributed by atoms with Gasteiger partial charge >= 0.3 is 0 Å². The summed E-state index contributed by atoms with van der Waals surface area (Å²) in [4.78, 5) is 0. The summed E-state index contributed by atoms with van der Waals surface area (Å²) in [5.41, 5.74) is 1.13. The summed E-state index contributed by atoms with van der Waals surface area (Å²) < 4.78 is 0. The first-order valence-corrected chi connectivity index (χ1v) is 3.28. The molecule has 0 amide bonds. The van der Waals surface area contributed by atoms with Gasteiger partial charge in [0.15, 0.2) is 0 Å². The molecule has 0 aliphatic heterocycles. The highest BCUT2D eigenvalue weighted by Crippen LogP contribution is 1.81. The minimum atomic E-state index is 1.13. The summed E-state index contributed by atoms with van der Waals surface area (Å²) in [6, 6.07) is 0. The molecule has 1 N–H and O–H groups in total. The predicted octanol–water partition coefficient (Wildman–Crippen LogP) is 2.32. The van der Waals surface area contributed by atoms with Crippen LogP contribution in [0.1, 0.15) is 20.8 Å². The molecule has 0 aliphatic rings. The van der Waals surface area contributed by atoms with E-state index in [0.29, 0.717) is 0 Å². The molecular formula is C8H17N. The first-order valence-electron chi connectivity index (χ1n) is 3.28. The molecule has 0 rings (SSSR count). The van der Waals surface area contributed by atoms with Crippen LogP contribution < -0.4 is 5.32 Å². The van der Waals surface area contributed by atoms with Crippen LogP contribution in [-0.4, -0.2) is 7.05 Å². The number of hydrogen-bond donors (Lipinski definition) is 1. The molecule has 9 heavy (non-hydrogen) atoms. The molecule has 0 atom stereocenters. The lowest BCUT2D eigenvalue weighted by atomic mass is 10.4. The Labute approximate surface area is 58.5 Å². The van der Waals surface area contributed by atoms with E-state index in [0.717, 1.165) is 5.70 Å². The first kappa shape index (κ1) is 11.1. The molecule has 0 fully saturated rings. The van der Waals surface area contributed by atoms with Crippen LogP contribution in [0.3, 0.4) is 0 Å². The molecule has 0 saturated carbocycles. The summed E-state index contributed by atoms with van der Waals surface area (Å²) in [6.45, 7) is 9.52. The monoisotopic (exact) mass is 127 g/mol. The summed E-state index contributed by atoms with van der Waals surface area (Å²) in [5, 5.41) is 2.96. The second-order valence-electron chi connectivity index (χ2n) is 1.34. The Morgan fingerprint density at radius 3 is 2.00 bits per heavy atom. The summed E-state index contributed by atoms with van der Waals surface area (Å²) >= 11 is 0. The van der Waals surface area contributed by atoms with Crippen LogP contribution in [0.25, 0.3) is 0 Å². The highest BCUT2D eigenvalue weighted by atomic mass is 14.8. The summed E-state index contributed by atoms with van der Waals surface area (Å²) in [5.74, 6) is 0. The smallest absolute Gasteiger partial charge is 0.00722 e. The van der Waals surface area contributed by atoms with Gasteiger partial charge in [-0.2, -0.15) is 0 Å². The van der Waals surface area contributed by atoms with Gasteiger partial charge in [0.05, 0.1) is 0 Å². The molecule has 0 aromatic rings. The van der Waals surface area contributed by atoms with E-state index in [9.17, 15) is 0 Å². The third-order valence-corrected chi connectivity index (χ3v) is 0.762. The largest absolute Gasteiger partial charge is 0.392 e. The number of rotatable bonds is 2. The Bertz CT molecular complexity index is 82.6. The quantitative estimate of drug-likeness (QED) is 0.561. The number of hydrogen-bond acceptors (Lipinski definition) is 1. The molecule has 0 heterocycles. The fourth-order valence-electron chi connectivity index (χ4n) is 0.260. The Morgan fingerprint density at radius 1 is 1.44 bits per heavy atom. The van der Waals surface area contributed by atoms with Crippen molar-refractivity contribution >= 4 is 0 Å². The van der Waals surface area contributed by atoms with Crippen molar-refractivity contribution in [2.45, 2.75) is 20.8 Å². The highest BCUT2D eigenvalue weighted by molar-refractivity contribution is 5.04. The zero-order valence-electron chi connectivity index (χ0n) is 6.86. The van der Waals surface area contributed by atoms with Crippen molar-refractivity contribution in [3.05, 3.63) is 24.4 Å². The Hall–Kier alpha value is -0.720. The maximum Gasteiger partial charge on any atom is 0.00722 e. The van der Waals surface area contributed by atoms with E-state index in [1.807, 2.05) is 33.9 Å². The average Bonchev–Trinajstić information content (AvgIpc) is 1.93. The summed E-state index contributed by atoms with van der Waals surface area (Å²) in [7, 11) is 1.88. The molecule has 0 radical (unpaired) electrons. The van der Waals surface area contributed by atoms with Crippen molar-refractivity contribution in [3.63, 3.8) is 0 Å². The van der Waals surface area contributed by atoms with Crippen LogP contribution >= 0.6 is 0 Å². The minimum absolute atomic E-state index is 1.13. The van der Waals surface area contributed by atoms with Gasteiger partial charge < -0.3 is 5.32 Å². The molecule has 0 saturated heterocycles. The van der Waals surface area contributed by atoms with Crippen LogP contribution in [0.4, 0.5) is 0 Å². The molecule has 0 spiro atoms. The van der Waals surface area contributed by atoms with E-state index < -0.39 is 0 Å². The van der Waals surface area contributed by atoms with E-state index in [-0.39, 0.29) is 0 Å². The van der Waals surface area contributed by atoms with Gasteiger partial charge in [-0.1, -0.05) is 26.5 Å². The van der Waals surface area contributed by atoms with Crippen LogP contribution in [0.5, 0.6) is 0 Å². The van der Waals surface area contributed by atoms with Gasteiger partial charge in [-0.3, -0.25) is 0 Å². The fourth-order valence-corrected chi connectivity index (χ4v) is 0.260. The molecule has 0 aliphatic carbocycles. The normalized spacial score (nSPS) is 9.11. The topological polar surface area (TPSA) is 12.0 Å². The SMILES string of the molecule is C=C/C=C(/C)NC.CC. The van der Waals surface area contributed by atoms with Gasteiger partial charge in [0.25, 0.3) is 0 Å². The third-order valence-electron chi connectivity index (χ3n) is 0.762. The summed E-state index contributed by atoms with van der Waals surface area (Å²) in [6.07, 6.45) is 3.67.